The van der Waals surface area contributed by atoms with Gasteiger partial charge in [-0.25, -0.2) is 13.2 Å². The summed E-state index contributed by atoms with van der Waals surface area (Å²) in [5.74, 6) is -1.15. The van der Waals surface area contributed by atoms with E-state index in [0.717, 1.165) is 13.0 Å². The number of fused-ring (bicyclic) bond motifs is 2. The van der Waals surface area contributed by atoms with Gasteiger partial charge in [-0.2, -0.15) is 0 Å². The Bertz CT molecular complexity index is 883. The zero-order valence-corrected chi connectivity index (χ0v) is 12.3. The SMILES string of the molecule is CC(O)(C(=O)O)c1ccc2c(c1)S(=O)(=O)c1ccccc1O2. The first-order valence-corrected chi connectivity index (χ1v) is 7.85. The van der Waals surface area contributed by atoms with Crippen LogP contribution in [0.2, 0.25) is 0 Å². The number of carbonyl (C=O) groups is 1. The zero-order valence-electron chi connectivity index (χ0n) is 11.5. The minimum absolute atomic E-state index is 0.00891. The number of ether oxygens (including phenoxy) is 1. The van der Waals surface area contributed by atoms with Gasteiger partial charge >= 0.3 is 5.97 Å². The van der Waals surface area contributed by atoms with Crippen LogP contribution in [-0.4, -0.2) is 24.6 Å². The van der Waals surface area contributed by atoms with Gasteiger partial charge in [0.2, 0.25) is 9.84 Å². The molecule has 6 nitrogen and oxygen atoms in total. The van der Waals surface area contributed by atoms with E-state index in [9.17, 15) is 18.3 Å². The second-order valence-electron chi connectivity index (χ2n) is 5.09. The highest BCUT2D eigenvalue weighted by Gasteiger charge is 2.36. The number of carboxylic acid groups (broad SMARTS) is 1. The number of hydrogen-bond acceptors (Lipinski definition) is 5. The van der Waals surface area contributed by atoms with Crippen LogP contribution in [-0.2, 0) is 20.2 Å². The predicted octanol–water partition coefficient (Wildman–Crippen LogP) is 1.92. The molecular weight excluding hydrogens is 308 g/mol. The lowest BCUT2D eigenvalue weighted by atomic mass is 9.96. The zero-order chi connectivity index (χ0) is 16.1. The minimum atomic E-state index is -3.84. The molecule has 2 aromatic rings. The largest absolute Gasteiger partial charge is 0.479 e. The van der Waals surface area contributed by atoms with Crippen molar-refractivity contribution in [3.63, 3.8) is 0 Å². The van der Waals surface area contributed by atoms with Gasteiger partial charge in [-0.1, -0.05) is 18.2 Å². The summed E-state index contributed by atoms with van der Waals surface area (Å²) in [5.41, 5.74) is -2.23. The molecule has 0 radical (unpaired) electrons. The Morgan fingerprint density at radius 3 is 2.41 bits per heavy atom. The third-order valence-electron chi connectivity index (χ3n) is 3.57. The molecule has 0 aliphatic carbocycles. The Balaban J connectivity index is 2.23. The Morgan fingerprint density at radius 1 is 1.09 bits per heavy atom. The molecule has 0 spiro atoms. The van der Waals surface area contributed by atoms with Crippen molar-refractivity contribution in [3.8, 4) is 11.5 Å². The molecule has 0 aromatic heterocycles. The van der Waals surface area contributed by atoms with Gasteiger partial charge in [0, 0.05) is 0 Å². The molecule has 1 aliphatic rings. The topological polar surface area (TPSA) is 101 Å². The third kappa shape index (κ3) is 1.98. The van der Waals surface area contributed by atoms with Crippen LogP contribution in [0, 0.1) is 0 Å². The van der Waals surface area contributed by atoms with Gasteiger partial charge in [-0.05, 0) is 36.8 Å². The van der Waals surface area contributed by atoms with Crippen molar-refractivity contribution in [2.24, 2.45) is 0 Å². The Morgan fingerprint density at radius 2 is 1.73 bits per heavy atom. The maximum atomic E-state index is 12.6. The van der Waals surface area contributed by atoms with Crippen LogP contribution >= 0.6 is 0 Å². The van der Waals surface area contributed by atoms with E-state index >= 15 is 0 Å². The number of sulfone groups is 1. The van der Waals surface area contributed by atoms with Crippen molar-refractivity contribution in [2.45, 2.75) is 22.3 Å². The van der Waals surface area contributed by atoms with Gasteiger partial charge in [-0.3, -0.25) is 0 Å². The standard InChI is InChI=1S/C15H12O6S/c1-15(18,14(16)17)9-6-7-11-13(8-9)22(19,20)12-5-3-2-4-10(12)21-11/h2-8,18H,1H3,(H,16,17). The molecular formula is C15H12O6S. The Hall–Kier alpha value is -2.38. The normalized spacial score (nSPS) is 17.5. The fourth-order valence-corrected chi connectivity index (χ4v) is 3.75. The molecule has 1 aliphatic heterocycles. The molecule has 114 valence electrons. The molecule has 0 fully saturated rings. The molecule has 1 heterocycles. The second-order valence-corrected chi connectivity index (χ2v) is 6.98. The molecule has 7 heteroatoms. The maximum absolute atomic E-state index is 12.6. The van der Waals surface area contributed by atoms with Crippen LogP contribution in [0.1, 0.15) is 12.5 Å². The highest BCUT2D eigenvalue weighted by molar-refractivity contribution is 7.91. The Kier molecular flexibility index (Phi) is 3.01. The molecule has 0 saturated carbocycles. The van der Waals surface area contributed by atoms with Gasteiger partial charge in [0.1, 0.15) is 21.3 Å². The van der Waals surface area contributed by atoms with Crippen LogP contribution < -0.4 is 4.74 Å². The highest BCUT2D eigenvalue weighted by atomic mass is 32.2. The maximum Gasteiger partial charge on any atom is 0.340 e. The highest BCUT2D eigenvalue weighted by Crippen LogP contribution is 2.43. The molecule has 2 aromatic carbocycles. The summed E-state index contributed by atoms with van der Waals surface area (Å²) in [7, 11) is -3.84. The lowest BCUT2D eigenvalue weighted by Crippen LogP contribution is -2.32. The summed E-state index contributed by atoms with van der Waals surface area (Å²) in [6, 6.07) is 9.98. The van der Waals surface area contributed by atoms with Crippen molar-refractivity contribution in [3.05, 3.63) is 48.0 Å². The summed E-state index contributed by atoms with van der Waals surface area (Å²) in [4.78, 5) is 11.0. The van der Waals surface area contributed by atoms with Crippen molar-refractivity contribution >= 4 is 15.8 Å². The van der Waals surface area contributed by atoms with E-state index in [1.165, 1.54) is 24.3 Å². The number of para-hydroxylation sites is 1. The van der Waals surface area contributed by atoms with Crippen LogP contribution in [0.15, 0.2) is 52.3 Å². The number of rotatable bonds is 2. The fourth-order valence-electron chi connectivity index (χ4n) is 2.22. The number of aliphatic carboxylic acids is 1. The van der Waals surface area contributed by atoms with Crippen LogP contribution in [0.3, 0.4) is 0 Å². The molecule has 0 amide bonds. The van der Waals surface area contributed by atoms with Crippen LogP contribution in [0.25, 0.3) is 0 Å². The van der Waals surface area contributed by atoms with Crippen LogP contribution in [0.4, 0.5) is 0 Å². The van der Waals surface area contributed by atoms with E-state index in [1.54, 1.807) is 12.1 Å². The van der Waals surface area contributed by atoms with E-state index in [4.69, 9.17) is 9.84 Å². The van der Waals surface area contributed by atoms with Gasteiger partial charge in [-0.15, -0.1) is 0 Å². The number of carboxylic acids is 1. The second kappa shape index (κ2) is 4.56. The Labute approximate surface area is 126 Å². The summed E-state index contributed by atoms with van der Waals surface area (Å²) in [6.45, 7) is 1.08. The first-order chi connectivity index (χ1) is 10.2. The van der Waals surface area contributed by atoms with Gasteiger partial charge < -0.3 is 14.9 Å². The van der Waals surface area contributed by atoms with Crippen molar-refractivity contribution in [2.75, 3.05) is 0 Å². The summed E-state index contributed by atoms with van der Waals surface area (Å²) >= 11 is 0. The number of benzene rings is 2. The van der Waals surface area contributed by atoms with E-state index in [-0.39, 0.29) is 26.9 Å². The first kappa shape index (κ1) is 14.6. The van der Waals surface area contributed by atoms with E-state index in [2.05, 4.69) is 0 Å². The third-order valence-corrected chi connectivity index (χ3v) is 5.38. The smallest absolute Gasteiger partial charge is 0.340 e. The average molecular weight is 320 g/mol. The molecule has 1 atom stereocenters. The lowest BCUT2D eigenvalue weighted by molar-refractivity contribution is -0.157. The van der Waals surface area contributed by atoms with E-state index in [0.29, 0.717) is 0 Å². The molecule has 2 N–H and O–H groups in total. The summed E-state index contributed by atoms with van der Waals surface area (Å²) < 4.78 is 30.8. The van der Waals surface area contributed by atoms with Crippen molar-refractivity contribution in [1.82, 2.24) is 0 Å². The average Bonchev–Trinajstić information content (AvgIpc) is 2.47. The predicted molar refractivity (Wildman–Crippen MR) is 75.6 cm³/mol. The number of aliphatic hydroxyl groups is 1. The van der Waals surface area contributed by atoms with E-state index < -0.39 is 21.4 Å². The summed E-state index contributed by atoms with van der Waals surface area (Å²) in [6.07, 6.45) is 0. The quantitative estimate of drug-likeness (QED) is 0.748. The molecule has 1 unspecified atom stereocenters. The van der Waals surface area contributed by atoms with E-state index in [1.807, 2.05) is 0 Å². The molecule has 3 rings (SSSR count). The molecule has 0 saturated heterocycles. The molecule has 22 heavy (non-hydrogen) atoms. The first-order valence-electron chi connectivity index (χ1n) is 6.37. The fraction of sp³-hybridized carbons (Fsp3) is 0.133. The number of hydrogen-bond donors (Lipinski definition) is 2. The van der Waals surface area contributed by atoms with Crippen LogP contribution in [0.5, 0.6) is 11.5 Å². The van der Waals surface area contributed by atoms with Crippen molar-refractivity contribution < 1.29 is 28.2 Å². The molecule has 0 bridgehead atoms. The van der Waals surface area contributed by atoms with Gasteiger partial charge in [0.15, 0.2) is 5.60 Å². The summed E-state index contributed by atoms with van der Waals surface area (Å²) in [5, 5.41) is 19.1. The van der Waals surface area contributed by atoms with Gasteiger partial charge in [0.05, 0.1) is 0 Å². The van der Waals surface area contributed by atoms with Gasteiger partial charge in [0.25, 0.3) is 0 Å². The monoisotopic (exact) mass is 320 g/mol. The minimum Gasteiger partial charge on any atom is -0.479 e. The lowest BCUT2D eigenvalue weighted by Gasteiger charge is -2.23. The van der Waals surface area contributed by atoms with Crippen molar-refractivity contribution in [1.29, 1.82) is 0 Å².